The van der Waals surface area contributed by atoms with E-state index in [0.29, 0.717) is 19.0 Å². The molecule has 1 N–H and O–H groups in total. The van der Waals surface area contributed by atoms with Gasteiger partial charge in [0.05, 0.1) is 18.0 Å². The minimum Gasteiger partial charge on any atom is -0.338 e. The van der Waals surface area contributed by atoms with Gasteiger partial charge in [-0.25, -0.2) is 4.79 Å². The van der Waals surface area contributed by atoms with Crippen molar-refractivity contribution < 1.29 is 14.4 Å². The van der Waals surface area contributed by atoms with E-state index in [0.717, 1.165) is 37.0 Å². The minimum atomic E-state index is -0.304. The summed E-state index contributed by atoms with van der Waals surface area (Å²) in [4.78, 5) is 39.8. The predicted octanol–water partition coefficient (Wildman–Crippen LogP) is 0.965. The Balaban J connectivity index is 1.28. The summed E-state index contributed by atoms with van der Waals surface area (Å²) in [5.74, 6) is 2.41. The van der Waals surface area contributed by atoms with Crippen molar-refractivity contribution in [3.63, 3.8) is 0 Å². The fourth-order valence-corrected chi connectivity index (χ4v) is 6.30. The van der Waals surface area contributed by atoms with Crippen molar-refractivity contribution >= 4 is 17.8 Å². The molecule has 6 heteroatoms. The number of nitrogens with zero attached hydrogens (tertiary/aromatic N) is 2. The number of imide groups is 1. The molecule has 6 aliphatic rings. The molecule has 4 saturated carbocycles. The van der Waals surface area contributed by atoms with Crippen LogP contribution >= 0.6 is 0 Å². The molecule has 0 spiro atoms. The summed E-state index contributed by atoms with van der Waals surface area (Å²) < 4.78 is 0. The quantitative estimate of drug-likeness (QED) is 0.772. The van der Waals surface area contributed by atoms with Crippen molar-refractivity contribution in [2.45, 2.75) is 44.6 Å². The van der Waals surface area contributed by atoms with Gasteiger partial charge in [0, 0.05) is 13.1 Å². The molecule has 0 radical (unpaired) electrons. The van der Waals surface area contributed by atoms with E-state index in [9.17, 15) is 14.4 Å². The van der Waals surface area contributed by atoms with Crippen molar-refractivity contribution in [2.24, 2.45) is 23.2 Å². The van der Waals surface area contributed by atoms with Gasteiger partial charge in [-0.05, 0) is 56.3 Å². The van der Waals surface area contributed by atoms with E-state index >= 15 is 0 Å². The van der Waals surface area contributed by atoms with E-state index in [1.807, 2.05) is 4.90 Å². The zero-order chi connectivity index (χ0) is 15.8. The Morgan fingerprint density at radius 2 is 1.57 bits per heavy atom. The summed E-state index contributed by atoms with van der Waals surface area (Å²) in [6.45, 7) is 1.15. The number of likely N-dealkylation sites (tertiary alicyclic amines) is 1. The van der Waals surface area contributed by atoms with Crippen molar-refractivity contribution in [3.05, 3.63) is 0 Å². The largest absolute Gasteiger partial charge is 0.338 e. The van der Waals surface area contributed by atoms with Crippen molar-refractivity contribution in [1.82, 2.24) is 15.1 Å². The van der Waals surface area contributed by atoms with Crippen LogP contribution in [0, 0.1) is 23.2 Å². The Labute approximate surface area is 135 Å². The fourth-order valence-electron chi connectivity index (χ4n) is 6.30. The highest BCUT2D eigenvalue weighted by Gasteiger charge is 2.57. The molecule has 124 valence electrons. The van der Waals surface area contributed by atoms with Gasteiger partial charge in [0.15, 0.2) is 0 Å². The van der Waals surface area contributed by atoms with Crippen LogP contribution in [-0.2, 0) is 9.59 Å². The summed E-state index contributed by atoms with van der Waals surface area (Å²) in [5, 5.41) is 2.56. The smallest absolute Gasteiger partial charge is 0.324 e. The zero-order valence-electron chi connectivity index (χ0n) is 13.3. The topological polar surface area (TPSA) is 69.7 Å². The van der Waals surface area contributed by atoms with Gasteiger partial charge in [0.2, 0.25) is 11.8 Å². The maximum Gasteiger partial charge on any atom is 0.324 e. The maximum atomic E-state index is 13.1. The van der Waals surface area contributed by atoms with Crippen LogP contribution in [0.25, 0.3) is 0 Å². The molecule has 23 heavy (non-hydrogen) atoms. The molecule has 4 amide bonds. The molecule has 2 heterocycles. The van der Waals surface area contributed by atoms with Crippen LogP contribution in [0.1, 0.15) is 38.5 Å². The first-order chi connectivity index (χ1) is 11.0. The molecule has 2 aliphatic heterocycles. The Hall–Kier alpha value is -1.59. The SMILES string of the molecule is O=C1CNC(=O)N1C1CN(C(=O)C23CC4CC(CC(C4)C2)C3)C1. The van der Waals surface area contributed by atoms with Crippen LogP contribution < -0.4 is 5.32 Å². The number of amides is 4. The summed E-state index contributed by atoms with van der Waals surface area (Å²) in [6.07, 6.45) is 7.21. The molecule has 6 nitrogen and oxygen atoms in total. The average molecular weight is 317 g/mol. The third-order valence-electron chi connectivity index (χ3n) is 6.88. The number of nitrogens with one attached hydrogen (secondary N) is 1. The second kappa shape index (κ2) is 4.48. The molecule has 0 aromatic rings. The van der Waals surface area contributed by atoms with Gasteiger partial charge in [-0.15, -0.1) is 0 Å². The van der Waals surface area contributed by atoms with E-state index < -0.39 is 0 Å². The second-order valence-corrected chi connectivity index (χ2v) is 8.48. The van der Waals surface area contributed by atoms with Crippen molar-refractivity contribution in [3.8, 4) is 0 Å². The Kier molecular flexibility index (Phi) is 2.69. The van der Waals surface area contributed by atoms with Crippen LogP contribution in [-0.4, -0.2) is 53.3 Å². The first kappa shape index (κ1) is 13.8. The molecular weight excluding hydrogens is 294 g/mol. The lowest BCUT2D eigenvalue weighted by molar-refractivity contribution is -0.165. The van der Waals surface area contributed by atoms with Crippen molar-refractivity contribution in [1.29, 1.82) is 0 Å². The average Bonchev–Trinajstić information content (AvgIpc) is 2.76. The highest BCUT2D eigenvalue weighted by Crippen LogP contribution is 2.60. The normalized spacial score (nSPS) is 42.2. The van der Waals surface area contributed by atoms with Crippen LogP contribution in [0.5, 0.6) is 0 Å². The highest BCUT2D eigenvalue weighted by molar-refractivity contribution is 6.02. The fraction of sp³-hybridized carbons (Fsp3) is 0.824. The number of carbonyl (C=O) groups is 3. The summed E-state index contributed by atoms with van der Waals surface area (Å²) >= 11 is 0. The molecule has 4 aliphatic carbocycles. The Morgan fingerprint density at radius 3 is 2.04 bits per heavy atom. The lowest BCUT2D eigenvalue weighted by Gasteiger charge is -2.58. The molecule has 0 aromatic heterocycles. The monoisotopic (exact) mass is 317 g/mol. The first-order valence-corrected chi connectivity index (χ1v) is 8.93. The van der Waals surface area contributed by atoms with E-state index in [-0.39, 0.29) is 29.9 Å². The van der Waals surface area contributed by atoms with Crippen LogP contribution in [0.4, 0.5) is 4.79 Å². The van der Waals surface area contributed by atoms with Gasteiger partial charge in [-0.2, -0.15) is 0 Å². The van der Waals surface area contributed by atoms with Gasteiger partial charge < -0.3 is 10.2 Å². The molecule has 6 rings (SSSR count). The molecule has 6 fully saturated rings. The third-order valence-corrected chi connectivity index (χ3v) is 6.88. The third kappa shape index (κ3) is 1.90. The van der Waals surface area contributed by atoms with Gasteiger partial charge in [-0.1, -0.05) is 0 Å². The minimum absolute atomic E-state index is 0.0955. The zero-order valence-corrected chi connectivity index (χ0v) is 13.3. The number of hydrogen-bond donors (Lipinski definition) is 1. The Morgan fingerprint density at radius 1 is 1.00 bits per heavy atom. The number of urea groups is 1. The van der Waals surface area contributed by atoms with Gasteiger partial charge in [0.1, 0.15) is 0 Å². The molecule has 4 bridgehead atoms. The van der Waals surface area contributed by atoms with Gasteiger partial charge in [-0.3, -0.25) is 14.5 Å². The molecule has 0 atom stereocenters. The van der Waals surface area contributed by atoms with Gasteiger partial charge >= 0.3 is 6.03 Å². The molecular formula is C17H23N3O3. The van der Waals surface area contributed by atoms with Crippen LogP contribution in [0.3, 0.4) is 0 Å². The maximum absolute atomic E-state index is 13.1. The van der Waals surface area contributed by atoms with Crippen LogP contribution in [0.15, 0.2) is 0 Å². The van der Waals surface area contributed by atoms with E-state index in [2.05, 4.69) is 5.32 Å². The summed E-state index contributed by atoms with van der Waals surface area (Å²) in [5.41, 5.74) is -0.114. The summed E-state index contributed by atoms with van der Waals surface area (Å²) in [6, 6.07) is -0.426. The lowest BCUT2D eigenvalue weighted by atomic mass is 9.49. The number of rotatable bonds is 2. The molecule has 2 saturated heterocycles. The van der Waals surface area contributed by atoms with Crippen molar-refractivity contribution in [2.75, 3.05) is 19.6 Å². The van der Waals surface area contributed by atoms with Crippen LogP contribution in [0.2, 0.25) is 0 Å². The number of carbonyl (C=O) groups excluding carboxylic acids is 3. The standard InChI is InChI=1S/C17H23N3O3/c21-14-7-18-16(23)20(14)13-8-19(9-13)15(22)17-4-10-1-11(5-17)3-12(2-10)6-17/h10-13H,1-9H2,(H,18,23). The predicted molar refractivity (Wildman–Crippen MR) is 81.2 cm³/mol. The highest BCUT2D eigenvalue weighted by atomic mass is 16.2. The number of hydrogen-bond acceptors (Lipinski definition) is 3. The van der Waals surface area contributed by atoms with E-state index in [1.165, 1.54) is 24.2 Å². The lowest BCUT2D eigenvalue weighted by Crippen LogP contribution is -2.66. The Bertz CT molecular complexity index is 545. The second-order valence-electron chi connectivity index (χ2n) is 8.48. The molecule has 0 unspecified atom stereocenters. The first-order valence-electron chi connectivity index (χ1n) is 8.93. The molecule has 0 aromatic carbocycles. The van der Waals surface area contributed by atoms with Gasteiger partial charge in [0.25, 0.3) is 0 Å². The summed E-state index contributed by atoms with van der Waals surface area (Å²) in [7, 11) is 0. The van der Waals surface area contributed by atoms with E-state index in [1.54, 1.807) is 0 Å². The van der Waals surface area contributed by atoms with E-state index in [4.69, 9.17) is 0 Å².